The standard InChI is InChI=1S/C12H18N8O/c1-12(2,8(21)14-3)7-15-10-17-9(13)18-11(19-10)20-6-4-5-16-20/h4-6H,7H2,1-3H3,(H,14,21)(H3,13,15,17,18,19). The van der Waals surface area contributed by atoms with Gasteiger partial charge >= 0.3 is 0 Å². The second kappa shape index (κ2) is 5.73. The van der Waals surface area contributed by atoms with Crippen molar-refractivity contribution in [3.8, 4) is 5.95 Å². The molecule has 0 aromatic carbocycles. The van der Waals surface area contributed by atoms with Crippen LogP contribution < -0.4 is 16.4 Å². The maximum absolute atomic E-state index is 11.7. The average Bonchev–Trinajstić information content (AvgIpc) is 2.98. The first-order chi connectivity index (χ1) is 9.92. The van der Waals surface area contributed by atoms with E-state index in [1.54, 1.807) is 25.5 Å². The average molecular weight is 290 g/mol. The van der Waals surface area contributed by atoms with Crippen LogP contribution in [-0.4, -0.2) is 44.2 Å². The first kappa shape index (κ1) is 14.7. The van der Waals surface area contributed by atoms with Crippen molar-refractivity contribution in [3.05, 3.63) is 18.5 Å². The van der Waals surface area contributed by atoms with Crippen LogP contribution in [0.15, 0.2) is 18.5 Å². The molecule has 9 nitrogen and oxygen atoms in total. The molecule has 4 N–H and O–H groups in total. The molecule has 0 unspecified atom stereocenters. The summed E-state index contributed by atoms with van der Waals surface area (Å²) >= 11 is 0. The predicted octanol–water partition coefficient (Wildman–Crippen LogP) is -0.176. The fourth-order valence-electron chi connectivity index (χ4n) is 1.67. The third-order valence-corrected chi connectivity index (χ3v) is 2.88. The molecule has 1 amide bonds. The van der Waals surface area contributed by atoms with Crippen molar-refractivity contribution < 1.29 is 4.79 Å². The van der Waals surface area contributed by atoms with Crippen molar-refractivity contribution in [2.24, 2.45) is 5.41 Å². The normalized spacial score (nSPS) is 11.2. The largest absolute Gasteiger partial charge is 0.368 e. The number of anilines is 2. The SMILES string of the molecule is CNC(=O)C(C)(C)CNc1nc(N)nc(-n2cccn2)n1. The maximum Gasteiger partial charge on any atom is 0.257 e. The summed E-state index contributed by atoms with van der Waals surface area (Å²) in [6.45, 7) is 3.99. The number of amides is 1. The zero-order valence-corrected chi connectivity index (χ0v) is 12.2. The van der Waals surface area contributed by atoms with Crippen molar-refractivity contribution in [2.75, 3.05) is 24.6 Å². The lowest BCUT2D eigenvalue weighted by Gasteiger charge is -2.22. The van der Waals surface area contributed by atoms with E-state index in [9.17, 15) is 4.79 Å². The molecule has 2 aromatic rings. The molecule has 2 rings (SSSR count). The predicted molar refractivity (Wildman–Crippen MR) is 77.7 cm³/mol. The molecule has 0 bridgehead atoms. The second-order valence-electron chi connectivity index (χ2n) is 5.08. The number of rotatable bonds is 5. The van der Waals surface area contributed by atoms with Gasteiger partial charge in [-0.3, -0.25) is 4.79 Å². The summed E-state index contributed by atoms with van der Waals surface area (Å²) in [5.41, 5.74) is 5.06. The lowest BCUT2D eigenvalue weighted by Crippen LogP contribution is -2.39. The van der Waals surface area contributed by atoms with Gasteiger partial charge in [-0.15, -0.1) is 0 Å². The van der Waals surface area contributed by atoms with E-state index in [1.165, 1.54) is 4.68 Å². The van der Waals surface area contributed by atoms with Gasteiger partial charge in [-0.2, -0.15) is 20.1 Å². The van der Waals surface area contributed by atoms with E-state index in [0.717, 1.165) is 0 Å². The molecule has 2 aromatic heterocycles. The third kappa shape index (κ3) is 3.44. The maximum atomic E-state index is 11.7. The molecule has 0 spiro atoms. The van der Waals surface area contributed by atoms with E-state index in [1.807, 2.05) is 13.8 Å². The van der Waals surface area contributed by atoms with Crippen LogP contribution >= 0.6 is 0 Å². The number of nitrogens with zero attached hydrogens (tertiary/aromatic N) is 5. The number of nitrogen functional groups attached to an aromatic ring is 1. The minimum absolute atomic E-state index is 0.0793. The van der Waals surface area contributed by atoms with E-state index < -0.39 is 5.41 Å². The van der Waals surface area contributed by atoms with E-state index in [4.69, 9.17) is 5.73 Å². The van der Waals surface area contributed by atoms with Gasteiger partial charge in [-0.05, 0) is 19.9 Å². The summed E-state index contributed by atoms with van der Waals surface area (Å²) in [6, 6.07) is 1.75. The minimum Gasteiger partial charge on any atom is -0.368 e. The van der Waals surface area contributed by atoms with Gasteiger partial charge < -0.3 is 16.4 Å². The Morgan fingerprint density at radius 1 is 1.38 bits per heavy atom. The van der Waals surface area contributed by atoms with Crippen LogP contribution in [0.3, 0.4) is 0 Å². The Hall–Kier alpha value is -2.71. The quantitative estimate of drug-likeness (QED) is 0.698. The van der Waals surface area contributed by atoms with E-state index in [0.29, 0.717) is 18.4 Å². The van der Waals surface area contributed by atoms with Crippen molar-refractivity contribution in [2.45, 2.75) is 13.8 Å². The number of aromatic nitrogens is 5. The van der Waals surface area contributed by atoms with E-state index in [-0.39, 0.29) is 11.9 Å². The van der Waals surface area contributed by atoms with Gasteiger partial charge in [0.2, 0.25) is 17.8 Å². The molecular formula is C12H18N8O. The van der Waals surface area contributed by atoms with Gasteiger partial charge in [0.25, 0.3) is 5.95 Å². The first-order valence-electron chi connectivity index (χ1n) is 6.40. The highest BCUT2D eigenvalue weighted by Crippen LogP contribution is 2.16. The smallest absolute Gasteiger partial charge is 0.257 e. The summed E-state index contributed by atoms with van der Waals surface area (Å²) in [5.74, 6) is 0.609. The lowest BCUT2D eigenvalue weighted by atomic mass is 9.92. The summed E-state index contributed by atoms with van der Waals surface area (Å²) < 4.78 is 1.48. The zero-order valence-electron chi connectivity index (χ0n) is 12.2. The molecule has 0 atom stereocenters. The molecule has 0 aliphatic rings. The van der Waals surface area contributed by atoms with Gasteiger partial charge in [0.1, 0.15) is 0 Å². The number of hydrogen-bond acceptors (Lipinski definition) is 7. The fourth-order valence-corrected chi connectivity index (χ4v) is 1.67. The number of carbonyl (C=O) groups is 1. The molecule has 0 fully saturated rings. The molecule has 0 saturated heterocycles. The molecule has 0 radical (unpaired) electrons. The van der Waals surface area contributed by atoms with Crippen molar-refractivity contribution in [3.63, 3.8) is 0 Å². The van der Waals surface area contributed by atoms with Crippen LogP contribution in [0.5, 0.6) is 0 Å². The molecular weight excluding hydrogens is 272 g/mol. The Bertz CT molecular complexity index is 622. The van der Waals surface area contributed by atoms with E-state index in [2.05, 4.69) is 30.7 Å². The molecule has 2 heterocycles. The molecule has 0 aliphatic carbocycles. The van der Waals surface area contributed by atoms with Gasteiger partial charge in [0.15, 0.2) is 0 Å². The number of hydrogen-bond donors (Lipinski definition) is 3. The Kier molecular flexibility index (Phi) is 4.01. The Balaban J connectivity index is 2.16. The summed E-state index contributed by atoms with van der Waals surface area (Å²) in [4.78, 5) is 24.0. The van der Waals surface area contributed by atoms with Gasteiger partial charge in [0.05, 0.1) is 5.41 Å². The summed E-state index contributed by atoms with van der Waals surface area (Å²) in [6.07, 6.45) is 3.31. The van der Waals surface area contributed by atoms with Crippen molar-refractivity contribution in [1.82, 2.24) is 30.0 Å². The molecule has 0 saturated carbocycles. The molecule has 112 valence electrons. The van der Waals surface area contributed by atoms with Gasteiger partial charge in [0, 0.05) is 26.0 Å². The van der Waals surface area contributed by atoms with Crippen LogP contribution in [0.1, 0.15) is 13.8 Å². The Labute approximate surface area is 122 Å². The highest BCUT2D eigenvalue weighted by Gasteiger charge is 2.26. The fraction of sp³-hybridized carbons (Fsp3) is 0.417. The van der Waals surface area contributed by atoms with Gasteiger partial charge in [-0.1, -0.05) is 0 Å². The van der Waals surface area contributed by atoms with Crippen LogP contribution in [0.4, 0.5) is 11.9 Å². The Morgan fingerprint density at radius 3 is 2.76 bits per heavy atom. The highest BCUT2D eigenvalue weighted by atomic mass is 16.2. The monoisotopic (exact) mass is 290 g/mol. The lowest BCUT2D eigenvalue weighted by molar-refractivity contribution is -0.128. The number of carbonyl (C=O) groups excluding carboxylic acids is 1. The molecule has 21 heavy (non-hydrogen) atoms. The molecule has 9 heteroatoms. The summed E-state index contributed by atoms with van der Waals surface area (Å²) in [7, 11) is 1.60. The van der Waals surface area contributed by atoms with Gasteiger partial charge in [-0.25, -0.2) is 4.68 Å². The Morgan fingerprint density at radius 2 is 2.14 bits per heavy atom. The molecule has 0 aliphatic heterocycles. The number of nitrogens with one attached hydrogen (secondary N) is 2. The van der Waals surface area contributed by atoms with E-state index >= 15 is 0 Å². The van der Waals surface area contributed by atoms with Crippen molar-refractivity contribution in [1.29, 1.82) is 0 Å². The highest BCUT2D eigenvalue weighted by molar-refractivity contribution is 5.82. The number of nitrogens with two attached hydrogens (primary N) is 1. The summed E-state index contributed by atoms with van der Waals surface area (Å²) in [5, 5.41) is 9.65. The second-order valence-corrected chi connectivity index (χ2v) is 5.08. The van der Waals surface area contributed by atoms with Crippen LogP contribution in [-0.2, 0) is 4.79 Å². The van der Waals surface area contributed by atoms with Crippen LogP contribution in [0.2, 0.25) is 0 Å². The third-order valence-electron chi connectivity index (χ3n) is 2.88. The van der Waals surface area contributed by atoms with Crippen molar-refractivity contribution >= 4 is 17.8 Å². The zero-order chi connectivity index (χ0) is 15.5. The van der Waals surface area contributed by atoms with Crippen LogP contribution in [0, 0.1) is 5.41 Å². The first-order valence-corrected chi connectivity index (χ1v) is 6.40. The topological polar surface area (TPSA) is 124 Å². The minimum atomic E-state index is -0.609. The van der Waals surface area contributed by atoms with Crippen LogP contribution in [0.25, 0.3) is 5.95 Å².